The van der Waals surface area contributed by atoms with Crippen LogP contribution in [0, 0.1) is 0 Å². The van der Waals surface area contributed by atoms with Crippen molar-refractivity contribution in [3.63, 3.8) is 0 Å². The van der Waals surface area contributed by atoms with Crippen LogP contribution >= 0.6 is 0 Å². The van der Waals surface area contributed by atoms with Gasteiger partial charge >= 0.3 is 5.97 Å². The first kappa shape index (κ1) is 12.9. The zero-order chi connectivity index (χ0) is 13.7. The smallest absolute Gasteiger partial charge is 0.341 e. The molecule has 0 saturated carbocycles. The number of hydrogen-bond donors (Lipinski definition) is 2. The van der Waals surface area contributed by atoms with Crippen LogP contribution in [0.4, 0.5) is 5.82 Å². The van der Waals surface area contributed by atoms with E-state index in [4.69, 9.17) is 5.11 Å². The first-order chi connectivity index (χ1) is 9.22. The number of rotatable bonds is 5. The van der Waals surface area contributed by atoms with E-state index in [1.54, 1.807) is 6.20 Å². The Balaban J connectivity index is 2.27. The lowest BCUT2D eigenvalue weighted by atomic mass is 10.1. The molecule has 0 aromatic carbocycles. The zero-order valence-corrected chi connectivity index (χ0v) is 10.4. The summed E-state index contributed by atoms with van der Waals surface area (Å²) in [6, 6.07) is 5.53. The average molecular weight is 258 g/mol. The molecule has 0 spiro atoms. The SMILES string of the molecule is CCC(Nc1ncncc1C(=O)O)c1ccccn1. The van der Waals surface area contributed by atoms with Gasteiger partial charge in [-0.1, -0.05) is 13.0 Å². The molecule has 6 heteroatoms. The third kappa shape index (κ3) is 3.04. The van der Waals surface area contributed by atoms with Crippen molar-refractivity contribution >= 4 is 11.8 Å². The summed E-state index contributed by atoms with van der Waals surface area (Å²) in [6.07, 6.45) is 5.07. The molecule has 0 aliphatic heterocycles. The molecule has 0 saturated heterocycles. The lowest BCUT2D eigenvalue weighted by Crippen LogP contribution is -2.15. The molecular weight excluding hydrogens is 244 g/mol. The maximum absolute atomic E-state index is 11.1. The minimum absolute atomic E-state index is 0.0527. The number of aromatic nitrogens is 3. The largest absolute Gasteiger partial charge is 0.477 e. The quantitative estimate of drug-likeness (QED) is 0.854. The summed E-state index contributed by atoms with van der Waals surface area (Å²) >= 11 is 0. The number of carbonyl (C=O) groups is 1. The molecule has 0 radical (unpaired) electrons. The van der Waals surface area contributed by atoms with Crippen LogP contribution in [0.15, 0.2) is 36.9 Å². The highest BCUT2D eigenvalue weighted by Gasteiger charge is 2.16. The Morgan fingerprint density at radius 2 is 2.26 bits per heavy atom. The van der Waals surface area contributed by atoms with E-state index in [-0.39, 0.29) is 11.6 Å². The van der Waals surface area contributed by atoms with Crippen LogP contribution in [0.3, 0.4) is 0 Å². The fourth-order valence-corrected chi connectivity index (χ4v) is 1.73. The van der Waals surface area contributed by atoms with Gasteiger partial charge in [0.25, 0.3) is 0 Å². The minimum Gasteiger partial charge on any atom is -0.477 e. The van der Waals surface area contributed by atoms with Crippen LogP contribution in [0.1, 0.15) is 35.4 Å². The second-order valence-corrected chi connectivity index (χ2v) is 3.95. The van der Waals surface area contributed by atoms with E-state index in [9.17, 15) is 4.79 Å². The highest BCUT2D eigenvalue weighted by molar-refractivity contribution is 5.92. The predicted octanol–water partition coefficient (Wildman–Crippen LogP) is 2.13. The van der Waals surface area contributed by atoms with Gasteiger partial charge in [0.1, 0.15) is 17.7 Å². The van der Waals surface area contributed by atoms with Crippen LogP contribution in [-0.4, -0.2) is 26.0 Å². The molecule has 98 valence electrons. The third-order valence-corrected chi connectivity index (χ3v) is 2.71. The lowest BCUT2D eigenvalue weighted by Gasteiger charge is -2.17. The summed E-state index contributed by atoms with van der Waals surface area (Å²) in [5.74, 6) is -0.751. The highest BCUT2D eigenvalue weighted by Crippen LogP contribution is 2.21. The van der Waals surface area contributed by atoms with E-state index in [1.807, 2.05) is 25.1 Å². The number of nitrogens with zero attached hydrogens (tertiary/aromatic N) is 3. The van der Waals surface area contributed by atoms with Gasteiger partial charge in [-0.3, -0.25) is 4.98 Å². The van der Waals surface area contributed by atoms with Gasteiger partial charge in [0.2, 0.25) is 0 Å². The van der Waals surface area contributed by atoms with Gasteiger partial charge in [0.15, 0.2) is 0 Å². The normalized spacial score (nSPS) is 11.8. The Hall–Kier alpha value is -2.50. The van der Waals surface area contributed by atoms with Crippen molar-refractivity contribution in [2.75, 3.05) is 5.32 Å². The molecule has 2 N–H and O–H groups in total. The summed E-state index contributed by atoms with van der Waals surface area (Å²) in [5, 5.41) is 12.2. The topological polar surface area (TPSA) is 88.0 Å². The van der Waals surface area contributed by atoms with Gasteiger partial charge < -0.3 is 10.4 Å². The van der Waals surface area contributed by atoms with E-state index in [1.165, 1.54) is 12.5 Å². The van der Waals surface area contributed by atoms with Crippen molar-refractivity contribution in [2.24, 2.45) is 0 Å². The monoisotopic (exact) mass is 258 g/mol. The van der Waals surface area contributed by atoms with Gasteiger partial charge in [-0.05, 0) is 18.6 Å². The van der Waals surface area contributed by atoms with Crippen LogP contribution < -0.4 is 5.32 Å². The summed E-state index contributed by atoms with van der Waals surface area (Å²) in [6.45, 7) is 1.99. The zero-order valence-electron chi connectivity index (χ0n) is 10.4. The Kier molecular flexibility index (Phi) is 4.02. The Morgan fingerprint density at radius 1 is 1.42 bits per heavy atom. The van der Waals surface area contributed by atoms with Crippen LogP contribution in [0.2, 0.25) is 0 Å². The Morgan fingerprint density at radius 3 is 2.89 bits per heavy atom. The molecular formula is C13H14N4O2. The molecule has 6 nitrogen and oxygen atoms in total. The number of hydrogen-bond acceptors (Lipinski definition) is 5. The second-order valence-electron chi connectivity index (χ2n) is 3.95. The van der Waals surface area contributed by atoms with Crippen LogP contribution in [-0.2, 0) is 0 Å². The molecule has 1 atom stereocenters. The summed E-state index contributed by atoms with van der Waals surface area (Å²) in [4.78, 5) is 23.1. The molecule has 0 aliphatic rings. The number of aromatic carboxylic acids is 1. The highest BCUT2D eigenvalue weighted by atomic mass is 16.4. The van der Waals surface area contributed by atoms with E-state index in [0.717, 1.165) is 12.1 Å². The first-order valence-corrected chi connectivity index (χ1v) is 5.93. The maximum Gasteiger partial charge on any atom is 0.341 e. The van der Waals surface area contributed by atoms with Gasteiger partial charge in [0, 0.05) is 12.4 Å². The molecule has 2 aromatic rings. The molecule has 0 amide bonds. The van der Waals surface area contributed by atoms with Crippen molar-refractivity contribution in [3.8, 4) is 0 Å². The number of carboxylic acids is 1. The lowest BCUT2D eigenvalue weighted by molar-refractivity contribution is 0.0697. The fourth-order valence-electron chi connectivity index (χ4n) is 1.73. The molecule has 0 bridgehead atoms. The van der Waals surface area contributed by atoms with Crippen LogP contribution in [0.25, 0.3) is 0 Å². The number of nitrogens with one attached hydrogen (secondary N) is 1. The van der Waals surface area contributed by atoms with E-state index < -0.39 is 5.97 Å². The molecule has 0 fully saturated rings. The van der Waals surface area contributed by atoms with E-state index >= 15 is 0 Å². The summed E-state index contributed by atoms with van der Waals surface area (Å²) in [5.41, 5.74) is 0.900. The van der Waals surface area contributed by atoms with E-state index in [2.05, 4.69) is 20.3 Å². The first-order valence-electron chi connectivity index (χ1n) is 5.93. The molecule has 1 unspecified atom stereocenters. The van der Waals surface area contributed by atoms with Crippen molar-refractivity contribution < 1.29 is 9.90 Å². The average Bonchev–Trinajstić information content (AvgIpc) is 2.46. The van der Waals surface area contributed by atoms with Gasteiger partial charge in [-0.25, -0.2) is 14.8 Å². The molecule has 2 aromatic heterocycles. The Labute approximate surface area is 110 Å². The standard InChI is InChI=1S/C13H14N4O2/c1-2-10(11-5-3-4-6-15-11)17-12-9(13(18)19)7-14-8-16-12/h3-8,10H,2H2,1H3,(H,18,19)(H,14,16,17). The van der Waals surface area contributed by atoms with Gasteiger partial charge in [-0.2, -0.15) is 0 Å². The summed E-state index contributed by atoms with van der Waals surface area (Å²) < 4.78 is 0. The van der Waals surface area contributed by atoms with Crippen molar-refractivity contribution in [3.05, 3.63) is 48.2 Å². The number of carboxylic acid groups (broad SMARTS) is 1. The third-order valence-electron chi connectivity index (χ3n) is 2.71. The Bertz CT molecular complexity index is 560. The minimum atomic E-state index is -1.06. The van der Waals surface area contributed by atoms with Crippen molar-refractivity contribution in [1.82, 2.24) is 15.0 Å². The second kappa shape index (κ2) is 5.90. The maximum atomic E-state index is 11.1. The van der Waals surface area contributed by atoms with Crippen molar-refractivity contribution in [2.45, 2.75) is 19.4 Å². The summed E-state index contributed by atoms with van der Waals surface area (Å²) in [7, 11) is 0. The van der Waals surface area contributed by atoms with Gasteiger partial charge in [0.05, 0.1) is 11.7 Å². The van der Waals surface area contributed by atoms with E-state index in [0.29, 0.717) is 5.82 Å². The molecule has 0 aliphatic carbocycles. The van der Waals surface area contributed by atoms with Crippen LogP contribution in [0.5, 0.6) is 0 Å². The van der Waals surface area contributed by atoms with Crippen molar-refractivity contribution in [1.29, 1.82) is 0 Å². The molecule has 2 rings (SSSR count). The fraction of sp³-hybridized carbons (Fsp3) is 0.231. The number of pyridine rings is 1. The van der Waals surface area contributed by atoms with Gasteiger partial charge in [-0.15, -0.1) is 0 Å². The predicted molar refractivity (Wildman–Crippen MR) is 69.9 cm³/mol. The molecule has 19 heavy (non-hydrogen) atoms. The number of anilines is 1. The molecule has 2 heterocycles.